The predicted octanol–water partition coefficient (Wildman–Crippen LogP) is 4.04. The maximum atomic E-state index is 4.42. The van der Waals surface area contributed by atoms with Gasteiger partial charge in [0, 0.05) is 29.5 Å². The Balaban J connectivity index is 1.32. The van der Waals surface area contributed by atoms with Crippen LogP contribution in [0.2, 0.25) is 0 Å². The standard InChI is InChI=1S/C18H13N7S3/c1-2-6-14-13(5-1)25-17(22-23-18(25)28-14)27-10-12-9-26-16-21-20-15(24(12)16)11-4-3-7-19-8-11/h1-8,12H,9-10H2/t12-/m1/s1. The predicted molar refractivity (Wildman–Crippen MR) is 112 cm³/mol. The third-order valence-electron chi connectivity index (χ3n) is 4.67. The second-order valence-corrected chi connectivity index (χ2v) is 9.35. The van der Waals surface area contributed by atoms with Gasteiger partial charge in [-0.15, -0.1) is 20.4 Å². The Kier molecular flexibility index (Phi) is 3.88. The molecule has 5 heterocycles. The average Bonchev–Trinajstić information content (AvgIpc) is 3.48. The molecule has 6 rings (SSSR count). The molecule has 4 aromatic heterocycles. The number of pyridine rings is 1. The molecule has 0 radical (unpaired) electrons. The van der Waals surface area contributed by atoms with E-state index in [1.165, 1.54) is 4.70 Å². The van der Waals surface area contributed by atoms with Crippen molar-refractivity contribution in [2.24, 2.45) is 0 Å². The normalized spacial score (nSPS) is 16.2. The van der Waals surface area contributed by atoms with E-state index in [4.69, 9.17) is 0 Å². The third-order valence-corrected chi connectivity index (χ3v) is 7.84. The summed E-state index contributed by atoms with van der Waals surface area (Å²) in [7, 11) is 0. The number of fused-ring (bicyclic) bond motifs is 4. The Morgan fingerprint density at radius 2 is 2.04 bits per heavy atom. The van der Waals surface area contributed by atoms with Crippen LogP contribution >= 0.6 is 34.9 Å². The van der Waals surface area contributed by atoms with Crippen LogP contribution < -0.4 is 0 Å². The zero-order valence-corrected chi connectivity index (χ0v) is 16.9. The van der Waals surface area contributed by atoms with Gasteiger partial charge in [0.25, 0.3) is 0 Å². The molecule has 1 aliphatic rings. The molecule has 0 saturated heterocycles. The summed E-state index contributed by atoms with van der Waals surface area (Å²) in [6, 6.07) is 12.6. The third kappa shape index (κ3) is 2.55. The molecule has 0 N–H and O–H groups in total. The van der Waals surface area contributed by atoms with E-state index in [9.17, 15) is 0 Å². The SMILES string of the molecule is c1cncc(-c2nnc3n2[C@@H](CSc2nnc4sc5ccccc5n24)CS3)c1. The number of hydrogen-bond donors (Lipinski definition) is 0. The molecule has 5 aromatic rings. The van der Waals surface area contributed by atoms with Gasteiger partial charge in [0.1, 0.15) is 0 Å². The Bertz CT molecular complexity index is 1290. The van der Waals surface area contributed by atoms with Crippen molar-refractivity contribution in [3.63, 3.8) is 0 Å². The lowest BCUT2D eigenvalue weighted by molar-refractivity contribution is 0.596. The highest BCUT2D eigenvalue weighted by atomic mass is 32.2. The van der Waals surface area contributed by atoms with Crippen molar-refractivity contribution >= 4 is 50.0 Å². The number of aromatic nitrogens is 7. The van der Waals surface area contributed by atoms with Gasteiger partial charge in [-0.3, -0.25) is 14.0 Å². The first-order valence-corrected chi connectivity index (χ1v) is 11.5. The Morgan fingerprint density at radius 3 is 2.96 bits per heavy atom. The molecule has 10 heteroatoms. The van der Waals surface area contributed by atoms with Gasteiger partial charge in [-0.05, 0) is 24.3 Å². The smallest absolute Gasteiger partial charge is 0.217 e. The molecule has 0 amide bonds. The Labute approximate surface area is 172 Å². The minimum absolute atomic E-state index is 0.299. The van der Waals surface area contributed by atoms with E-state index < -0.39 is 0 Å². The van der Waals surface area contributed by atoms with Gasteiger partial charge in [0.15, 0.2) is 16.1 Å². The van der Waals surface area contributed by atoms with Crippen LogP contribution in [0.5, 0.6) is 0 Å². The highest BCUT2D eigenvalue weighted by molar-refractivity contribution is 8.00. The van der Waals surface area contributed by atoms with Gasteiger partial charge in [-0.2, -0.15) is 0 Å². The van der Waals surface area contributed by atoms with Crippen LogP contribution in [-0.2, 0) is 0 Å². The fourth-order valence-electron chi connectivity index (χ4n) is 3.38. The van der Waals surface area contributed by atoms with Crippen molar-refractivity contribution in [3.8, 4) is 11.4 Å². The lowest BCUT2D eigenvalue weighted by Gasteiger charge is -2.13. The molecule has 0 aliphatic carbocycles. The van der Waals surface area contributed by atoms with Gasteiger partial charge in [0.2, 0.25) is 4.96 Å². The molecule has 0 unspecified atom stereocenters. The summed E-state index contributed by atoms with van der Waals surface area (Å²) in [5.74, 6) is 2.75. The molecule has 0 bridgehead atoms. The van der Waals surface area contributed by atoms with Crippen molar-refractivity contribution < 1.29 is 0 Å². The van der Waals surface area contributed by atoms with E-state index >= 15 is 0 Å². The van der Waals surface area contributed by atoms with Crippen LogP contribution in [0.25, 0.3) is 26.6 Å². The highest BCUT2D eigenvalue weighted by Crippen LogP contribution is 2.39. The first-order chi connectivity index (χ1) is 13.9. The molecule has 0 fully saturated rings. The largest absolute Gasteiger partial charge is 0.297 e. The number of para-hydroxylation sites is 1. The number of benzene rings is 1. The number of nitrogens with zero attached hydrogens (tertiary/aromatic N) is 7. The number of hydrogen-bond acceptors (Lipinski definition) is 8. The Hall–Kier alpha value is -2.43. The zero-order chi connectivity index (χ0) is 18.5. The minimum Gasteiger partial charge on any atom is -0.297 e. The van der Waals surface area contributed by atoms with Gasteiger partial charge in [0.05, 0.1) is 16.3 Å². The van der Waals surface area contributed by atoms with Gasteiger partial charge in [-0.25, -0.2) is 0 Å². The van der Waals surface area contributed by atoms with E-state index in [0.717, 1.165) is 43.7 Å². The lowest BCUT2D eigenvalue weighted by Crippen LogP contribution is -2.11. The maximum absolute atomic E-state index is 4.42. The summed E-state index contributed by atoms with van der Waals surface area (Å²) in [5.41, 5.74) is 2.16. The lowest BCUT2D eigenvalue weighted by atomic mass is 10.2. The fourth-order valence-corrected chi connectivity index (χ4v) is 6.66. The highest BCUT2D eigenvalue weighted by Gasteiger charge is 2.29. The van der Waals surface area contributed by atoms with Gasteiger partial charge >= 0.3 is 0 Å². The first-order valence-electron chi connectivity index (χ1n) is 8.72. The second-order valence-electron chi connectivity index (χ2n) is 6.36. The number of thioether (sulfide) groups is 2. The number of thiazole rings is 1. The number of rotatable bonds is 4. The van der Waals surface area contributed by atoms with Crippen LogP contribution in [0, 0.1) is 0 Å². The van der Waals surface area contributed by atoms with E-state index in [-0.39, 0.29) is 0 Å². The molecular formula is C18H13N7S3. The van der Waals surface area contributed by atoms with E-state index in [0.29, 0.717) is 6.04 Å². The van der Waals surface area contributed by atoms with Crippen molar-refractivity contribution in [2.75, 3.05) is 11.5 Å². The van der Waals surface area contributed by atoms with Crippen molar-refractivity contribution in [2.45, 2.75) is 16.4 Å². The molecule has 0 spiro atoms. The molecule has 28 heavy (non-hydrogen) atoms. The Morgan fingerprint density at radius 1 is 1.07 bits per heavy atom. The zero-order valence-electron chi connectivity index (χ0n) is 14.5. The van der Waals surface area contributed by atoms with E-state index in [1.807, 2.05) is 18.3 Å². The van der Waals surface area contributed by atoms with Crippen molar-refractivity contribution in [1.82, 2.24) is 34.3 Å². The molecule has 1 aliphatic heterocycles. The first kappa shape index (κ1) is 16.5. The second kappa shape index (κ2) is 6.57. The van der Waals surface area contributed by atoms with Crippen molar-refractivity contribution in [3.05, 3.63) is 48.8 Å². The molecule has 138 valence electrons. The summed E-state index contributed by atoms with van der Waals surface area (Å²) in [6.45, 7) is 0. The molecule has 0 saturated carbocycles. The quantitative estimate of drug-likeness (QED) is 0.404. The van der Waals surface area contributed by atoms with Crippen molar-refractivity contribution in [1.29, 1.82) is 0 Å². The van der Waals surface area contributed by atoms with Crippen LogP contribution in [0.15, 0.2) is 59.1 Å². The molecule has 1 atom stereocenters. The van der Waals surface area contributed by atoms with Gasteiger partial charge in [-0.1, -0.05) is 47.0 Å². The molecule has 7 nitrogen and oxygen atoms in total. The average molecular weight is 424 g/mol. The van der Waals surface area contributed by atoms with Gasteiger partial charge < -0.3 is 0 Å². The summed E-state index contributed by atoms with van der Waals surface area (Å²) < 4.78 is 5.62. The van der Waals surface area contributed by atoms with E-state index in [1.54, 1.807) is 41.1 Å². The van der Waals surface area contributed by atoms with Crippen LogP contribution in [0.4, 0.5) is 0 Å². The van der Waals surface area contributed by atoms with Crippen LogP contribution in [0.3, 0.4) is 0 Å². The summed E-state index contributed by atoms with van der Waals surface area (Å²) >= 11 is 5.16. The summed E-state index contributed by atoms with van der Waals surface area (Å²) in [4.78, 5) is 5.16. The molecular weight excluding hydrogens is 410 g/mol. The maximum Gasteiger partial charge on any atom is 0.217 e. The summed E-state index contributed by atoms with van der Waals surface area (Å²) in [5, 5.41) is 19.4. The molecule has 1 aromatic carbocycles. The van der Waals surface area contributed by atoms with E-state index in [2.05, 4.69) is 58.6 Å². The monoisotopic (exact) mass is 423 g/mol. The topological polar surface area (TPSA) is 73.8 Å². The van der Waals surface area contributed by atoms with Crippen LogP contribution in [-0.4, -0.2) is 45.9 Å². The fraction of sp³-hybridized carbons (Fsp3) is 0.167. The van der Waals surface area contributed by atoms with Crippen LogP contribution in [0.1, 0.15) is 6.04 Å². The minimum atomic E-state index is 0.299. The summed E-state index contributed by atoms with van der Waals surface area (Å²) in [6.07, 6.45) is 3.61.